The Hall–Kier alpha value is -1.82. The molecule has 0 spiro atoms. The summed E-state index contributed by atoms with van der Waals surface area (Å²) < 4.78 is 1.87. The molecule has 0 atom stereocenters. The van der Waals surface area contributed by atoms with Gasteiger partial charge in [0.15, 0.2) is 0 Å². The van der Waals surface area contributed by atoms with E-state index in [1.807, 2.05) is 29.7 Å². The molecule has 0 unspecified atom stereocenters. The van der Waals surface area contributed by atoms with Crippen molar-refractivity contribution in [3.8, 4) is 6.07 Å². The molecule has 0 bridgehead atoms. The highest BCUT2D eigenvalue weighted by Crippen LogP contribution is 2.26. The first-order chi connectivity index (χ1) is 7.45. The number of aromatic nitrogens is 2. The molecule has 3 heteroatoms. The normalized spacial score (nSPS) is 11.7. The van der Waals surface area contributed by atoms with Crippen LogP contribution in [-0.4, -0.2) is 9.38 Å². The number of nitriles is 1. The van der Waals surface area contributed by atoms with E-state index >= 15 is 0 Å². The summed E-state index contributed by atoms with van der Waals surface area (Å²) in [7, 11) is 0. The molecule has 3 nitrogen and oxygen atoms in total. The summed E-state index contributed by atoms with van der Waals surface area (Å²) >= 11 is 0. The zero-order valence-electron chi connectivity index (χ0n) is 10.1. The van der Waals surface area contributed by atoms with Gasteiger partial charge in [0.2, 0.25) is 0 Å². The van der Waals surface area contributed by atoms with Crippen LogP contribution in [0.1, 0.15) is 37.7 Å². The fourth-order valence-electron chi connectivity index (χ4n) is 1.83. The highest BCUT2D eigenvalue weighted by Gasteiger charge is 2.24. The van der Waals surface area contributed by atoms with Gasteiger partial charge in [0.05, 0.1) is 5.69 Å². The maximum atomic E-state index is 9.25. The molecule has 2 heterocycles. The van der Waals surface area contributed by atoms with Crippen molar-refractivity contribution in [3.05, 3.63) is 35.3 Å². The molecule has 2 aromatic heterocycles. The van der Waals surface area contributed by atoms with E-state index in [9.17, 15) is 5.26 Å². The molecule has 0 amide bonds. The third-order valence-electron chi connectivity index (χ3n) is 2.66. The molecular weight excluding hydrogens is 198 g/mol. The van der Waals surface area contributed by atoms with Gasteiger partial charge in [-0.2, -0.15) is 5.26 Å². The van der Waals surface area contributed by atoms with E-state index in [-0.39, 0.29) is 5.41 Å². The van der Waals surface area contributed by atoms with Crippen LogP contribution >= 0.6 is 0 Å². The molecule has 0 aliphatic carbocycles. The molecule has 0 fully saturated rings. The van der Waals surface area contributed by atoms with Gasteiger partial charge in [0, 0.05) is 11.6 Å². The Morgan fingerprint density at radius 1 is 1.38 bits per heavy atom. The molecule has 16 heavy (non-hydrogen) atoms. The summed E-state index contributed by atoms with van der Waals surface area (Å²) in [6, 6.07) is 6.20. The molecule has 0 N–H and O–H groups in total. The van der Waals surface area contributed by atoms with Crippen molar-refractivity contribution in [3.63, 3.8) is 0 Å². The van der Waals surface area contributed by atoms with Crippen LogP contribution < -0.4 is 0 Å². The van der Waals surface area contributed by atoms with Gasteiger partial charge in [-0.05, 0) is 18.6 Å². The number of rotatable bonds is 0. The monoisotopic (exact) mass is 213 g/mol. The summed E-state index contributed by atoms with van der Waals surface area (Å²) in [5.41, 5.74) is 3.37. The van der Waals surface area contributed by atoms with E-state index in [4.69, 9.17) is 0 Å². The van der Waals surface area contributed by atoms with Gasteiger partial charge in [-0.1, -0.05) is 26.8 Å². The SMILES string of the molecule is Cc1cccn2c(C#N)c(C(C)(C)C)nc12. The Bertz CT molecular complexity index is 579. The Morgan fingerprint density at radius 2 is 2.06 bits per heavy atom. The summed E-state index contributed by atoms with van der Waals surface area (Å²) in [4.78, 5) is 4.59. The van der Waals surface area contributed by atoms with Crippen LogP contribution in [0.15, 0.2) is 18.3 Å². The average Bonchev–Trinajstić information content (AvgIpc) is 2.57. The first kappa shape index (κ1) is 10.7. The van der Waals surface area contributed by atoms with Crippen LogP contribution in [0.2, 0.25) is 0 Å². The third kappa shape index (κ3) is 1.47. The second-order valence-electron chi connectivity index (χ2n) is 5.06. The van der Waals surface area contributed by atoms with Gasteiger partial charge in [0.25, 0.3) is 0 Å². The predicted molar refractivity (Wildman–Crippen MR) is 63.3 cm³/mol. The van der Waals surface area contributed by atoms with Crippen molar-refractivity contribution >= 4 is 5.65 Å². The number of hydrogen-bond donors (Lipinski definition) is 0. The molecule has 0 saturated carbocycles. The Labute approximate surface area is 95.4 Å². The Kier molecular flexibility index (Phi) is 2.23. The van der Waals surface area contributed by atoms with E-state index in [0.717, 1.165) is 16.9 Å². The van der Waals surface area contributed by atoms with E-state index in [1.165, 1.54) is 0 Å². The third-order valence-corrected chi connectivity index (χ3v) is 2.66. The zero-order chi connectivity index (χ0) is 11.9. The van der Waals surface area contributed by atoms with Crippen molar-refractivity contribution < 1.29 is 0 Å². The number of fused-ring (bicyclic) bond motifs is 1. The Morgan fingerprint density at radius 3 is 2.62 bits per heavy atom. The van der Waals surface area contributed by atoms with E-state index < -0.39 is 0 Å². The maximum Gasteiger partial charge on any atom is 0.148 e. The molecule has 0 radical (unpaired) electrons. The lowest BCUT2D eigenvalue weighted by atomic mass is 9.91. The molecule has 2 aromatic rings. The number of aryl methyl sites for hydroxylation is 1. The quantitative estimate of drug-likeness (QED) is 0.675. The van der Waals surface area contributed by atoms with Gasteiger partial charge in [0.1, 0.15) is 17.4 Å². The number of pyridine rings is 1. The van der Waals surface area contributed by atoms with E-state index in [1.54, 1.807) is 0 Å². The highest BCUT2D eigenvalue weighted by molar-refractivity contribution is 5.54. The summed E-state index contributed by atoms with van der Waals surface area (Å²) in [6.07, 6.45) is 1.89. The zero-order valence-corrected chi connectivity index (χ0v) is 10.1. The smallest absolute Gasteiger partial charge is 0.148 e. The van der Waals surface area contributed by atoms with Crippen molar-refractivity contribution in [2.24, 2.45) is 0 Å². The first-order valence-electron chi connectivity index (χ1n) is 5.33. The van der Waals surface area contributed by atoms with Crippen LogP contribution in [0.5, 0.6) is 0 Å². The molecule has 82 valence electrons. The average molecular weight is 213 g/mol. The van der Waals surface area contributed by atoms with Gasteiger partial charge in [-0.25, -0.2) is 4.98 Å². The lowest BCUT2D eigenvalue weighted by molar-refractivity contribution is 0.571. The number of nitrogens with zero attached hydrogens (tertiary/aromatic N) is 3. The van der Waals surface area contributed by atoms with Crippen molar-refractivity contribution in [2.75, 3.05) is 0 Å². The van der Waals surface area contributed by atoms with Gasteiger partial charge in [-0.3, -0.25) is 4.40 Å². The lowest BCUT2D eigenvalue weighted by Crippen LogP contribution is -2.13. The molecule has 0 saturated heterocycles. The van der Waals surface area contributed by atoms with Crippen molar-refractivity contribution in [1.29, 1.82) is 5.26 Å². The van der Waals surface area contributed by atoms with Crippen molar-refractivity contribution in [2.45, 2.75) is 33.1 Å². The van der Waals surface area contributed by atoms with Crippen LogP contribution in [0, 0.1) is 18.3 Å². The number of hydrogen-bond acceptors (Lipinski definition) is 2. The molecular formula is C13H15N3. The molecule has 0 aliphatic heterocycles. The standard InChI is InChI=1S/C13H15N3/c1-9-6-5-7-16-10(8-14)11(13(2,3)4)15-12(9)16/h5-7H,1-4H3. The summed E-state index contributed by atoms with van der Waals surface area (Å²) in [5, 5.41) is 9.25. The van der Waals surface area contributed by atoms with Crippen LogP contribution in [0.25, 0.3) is 5.65 Å². The van der Waals surface area contributed by atoms with Gasteiger partial charge in [-0.15, -0.1) is 0 Å². The first-order valence-corrected chi connectivity index (χ1v) is 5.33. The summed E-state index contributed by atoms with van der Waals surface area (Å²) in [6.45, 7) is 8.23. The maximum absolute atomic E-state index is 9.25. The fourth-order valence-corrected chi connectivity index (χ4v) is 1.83. The second-order valence-corrected chi connectivity index (χ2v) is 5.06. The topological polar surface area (TPSA) is 41.1 Å². The van der Waals surface area contributed by atoms with Gasteiger partial charge >= 0.3 is 0 Å². The minimum Gasteiger partial charge on any atom is -0.291 e. The summed E-state index contributed by atoms with van der Waals surface area (Å²) in [5.74, 6) is 0. The highest BCUT2D eigenvalue weighted by atomic mass is 15.0. The minimum absolute atomic E-state index is 0.108. The van der Waals surface area contributed by atoms with Gasteiger partial charge < -0.3 is 0 Å². The largest absolute Gasteiger partial charge is 0.291 e. The van der Waals surface area contributed by atoms with E-state index in [2.05, 4.69) is 31.8 Å². The molecule has 2 rings (SSSR count). The predicted octanol–water partition coefficient (Wildman–Crippen LogP) is 2.81. The number of imidazole rings is 1. The molecule has 0 aliphatic rings. The van der Waals surface area contributed by atoms with Crippen molar-refractivity contribution in [1.82, 2.24) is 9.38 Å². The Balaban J connectivity index is 2.88. The van der Waals surface area contributed by atoms with Crippen LogP contribution in [0.3, 0.4) is 0 Å². The van der Waals surface area contributed by atoms with Crippen LogP contribution in [0.4, 0.5) is 0 Å². The van der Waals surface area contributed by atoms with E-state index in [0.29, 0.717) is 5.69 Å². The minimum atomic E-state index is -0.108. The van der Waals surface area contributed by atoms with Crippen LogP contribution in [-0.2, 0) is 5.41 Å². The second kappa shape index (κ2) is 3.34. The molecule has 0 aromatic carbocycles. The fraction of sp³-hybridized carbons (Fsp3) is 0.385. The lowest BCUT2D eigenvalue weighted by Gasteiger charge is -2.15.